The van der Waals surface area contributed by atoms with Crippen LogP contribution in [0.25, 0.3) is 0 Å². The fraction of sp³-hybridized carbons (Fsp3) is 0.462. The molecule has 6 heteroatoms. The van der Waals surface area contributed by atoms with E-state index in [1.807, 2.05) is 37.7 Å². The minimum atomic E-state index is 0.109. The lowest BCUT2D eigenvalue weighted by Gasteiger charge is -2.10. The number of aromatic nitrogens is 4. The maximum absolute atomic E-state index is 5.52. The summed E-state index contributed by atoms with van der Waals surface area (Å²) in [6.07, 6.45) is 4.30. The Morgan fingerprint density at radius 2 is 2.21 bits per heavy atom. The van der Waals surface area contributed by atoms with Gasteiger partial charge in [0.05, 0.1) is 6.10 Å². The van der Waals surface area contributed by atoms with Gasteiger partial charge in [0, 0.05) is 38.0 Å². The normalized spacial score (nSPS) is 10.7. The Hall–Kier alpha value is -2.11. The molecule has 0 atom stereocenters. The Labute approximate surface area is 112 Å². The molecule has 2 heterocycles. The summed E-state index contributed by atoms with van der Waals surface area (Å²) in [5.41, 5.74) is 1.18. The second-order valence-corrected chi connectivity index (χ2v) is 4.53. The first-order valence-corrected chi connectivity index (χ1v) is 6.34. The third-order valence-corrected chi connectivity index (χ3v) is 2.61. The number of nitrogens with zero attached hydrogens (tertiary/aromatic N) is 4. The molecule has 0 saturated carbocycles. The van der Waals surface area contributed by atoms with E-state index < -0.39 is 0 Å². The number of rotatable bonds is 6. The first-order chi connectivity index (χ1) is 9.15. The third kappa shape index (κ3) is 3.94. The molecule has 6 nitrogen and oxygen atoms in total. The minimum Gasteiger partial charge on any atom is -0.475 e. The molecule has 2 rings (SSSR count). The maximum Gasteiger partial charge on any atom is 0.218 e. The smallest absolute Gasteiger partial charge is 0.218 e. The Morgan fingerprint density at radius 1 is 1.37 bits per heavy atom. The van der Waals surface area contributed by atoms with Crippen molar-refractivity contribution < 1.29 is 4.74 Å². The number of aryl methyl sites for hydroxylation is 1. The number of hydrogen-bond acceptors (Lipinski definition) is 5. The van der Waals surface area contributed by atoms with Gasteiger partial charge in [-0.3, -0.25) is 4.68 Å². The summed E-state index contributed by atoms with van der Waals surface area (Å²) < 4.78 is 7.39. The van der Waals surface area contributed by atoms with Crippen molar-refractivity contribution in [3.8, 4) is 5.88 Å². The monoisotopic (exact) mass is 261 g/mol. The van der Waals surface area contributed by atoms with Gasteiger partial charge in [-0.2, -0.15) is 5.10 Å². The van der Waals surface area contributed by atoms with Gasteiger partial charge in [0.2, 0.25) is 5.88 Å². The van der Waals surface area contributed by atoms with Crippen LogP contribution in [0, 0.1) is 0 Å². The summed E-state index contributed by atoms with van der Waals surface area (Å²) >= 11 is 0. The summed E-state index contributed by atoms with van der Waals surface area (Å²) in [5, 5.41) is 7.38. The molecule has 1 N–H and O–H groups in total. The van der Waals surface area contributed by atoms with Gasteiger partial charge in [-0.15, -0.1) is 0 Å². The van der Waals surface area contributed by atoms with Gasteiger partial charge in [0.25, 0.3) is 0 Å². The van der Waals surface area contributed by atoms with E-state index in [1.54, 1.807) is 6.20 Å². The molecular formula is C13H19N5O. The molecule has 19 heavy (non-hydrogen) atoms. The van der Waals surface area contributed by atoms with Crippen LogP contribution in [0.15, 0.2) is 24.7 Å². The molecule has 0 bridgehead atoms. The molecular weight excluding hydrogens is 242 g/mol. The second-order valence-electron chi connectivity index (χ2n) is 4.53. The topological polar surface area (TPSA) is 64.9 Å². The van der Waals surface area contributed by atoms with E-state index in [0.29, 0.717) is 5.88 Å². The molecule has 0 saturated heterocycles. The van der Waals surface area contributed by atoms with Crippen molar-refractivity contribution in [3.63, 3.8) is 0 Å². The number of hydrogen-bond donors (Lipinski definition) is 1. The van der Waals surface area contributed by atoms with Crippen molar-refractivity contribution >= 4 is 5.82 Å². The van der Waals surface area contributed by atoms with E-state index >= 15 is 0 Å². The molecule has 0 aromatic carbocycles. The number of ether oxygens (including phenoxy) is 1. The highest BCUT2D eigenvalue weighted by Gasteiger charge is 2.02. The van der Waals surface area contributed by atoms with Crippen LogP contribution < -0.4 is 10.1 Å². The average Bonchev–Trinajstić information content (AvgIpc) is 2.75. The molecule has 0 unspecified atom stereocenters. The lowest BCUT2D eigenvalue weighted by molar-refractivity contribution is 0.232. The molecule has 0 spiro atoms. The van der Waals surface area contributed by atoms with Crippen molar-refractivity contribution in [2.24, 2.45) is 7.05 Å². The molecule has 0 fully saturated rings. The van der Waals surface area contributed by atoms with Crippen LogP contribution in [0.2, 0.25) is 0 Å². The van der Waals surface area contributed by atoms with Crippen LogP contribution >= 0.6 is 0 Å². The summed E-state index contributed by atoms with van der Waals surface area (Å²) in [5.74, 6) is 1.36. The largest absolute Gasteiger partial charge is 0.475 e. The predicted molar refractivity (Wildman–Crippen MR) is 73.2 cm³/mol. The molecule has 0 aliphatic heterocycles. The fourth-order valence-corrected chi connectivity index (χ4v) is 1.71. The Bertz CT molecular complexity index is 523. The highest BCUT2D eigenvalue weighted by Crippen LogP contribution is 2.12. The maximum atomic E-state index is 5.52. The highest BCUT2D eigenvalue weighted by atomic mass is 16.5. The lowest BCUT2D eigenvalue weighted by Crippen LogP contribution is -2.11. The van der Waals surface area contributed by atoms with E-state index in [4.69, 9.17) is 4.74 Å². The first-order valence-electron chi connectivity index (χ1n) is 6.34. The SMILES string of the molecule is CC(C)Oc1cc(NCCc2ccnn2C)ncn1. The number of nitrogens with one attached hydrogen (secondary N) is 1. The van der Waals surface area contributed by atoms with Crippen molar-refractivity contribution in [2.75, 3.05) is 11.9 Å². The van der Waals surface area contributed by atoms with Crippen molar-refractivity contribution in [3.05, 3.63) is 30.4 Å². The average molecular weight is 261 g/mol. The summed E-state index contributed by atoms with van der Waals surface area (Å²) in [4.78, 5) is 8.23. The van der Waals surface area contributed by atoms with Gasteiger partial charge in [0.15, 0.2) is 0 Å². The zero-order chi connectivity index (χ0) is 13.7. The zero-order valence-electron chi connectivity index (χ0n) is 11.5. The summed E-state index contributed by atoms with van der Waals surface area (Å²) in [6, 6.07) is 3.82. The quantitative estimate of drug-likeness (QED) is 0.856. The zero-order valence-corrected chi connectivity index (χ0v) is 11.5. The van der Waals surface area contributed by atoms with Gasteiger partial charge in [0.1, 0.15) is 12.1 Å². The predicted octanol–water partition coefficient (Wildman–Crippen LogP) is 1.65. The van der Waals surface area contributed by atoms with E-state index in [-0.39, 0.29) is 6.10 Å². The first kappa shape index (κ1) is 13.3. The fourth-order valence-electron chi connectivity index (χ4n) is 1.71. The van der Waals surface area contributed by atoms with Crippen LogP contribution in [0.5, 0.6) is 5.88 Å². The van der Waals surface area contributed by atoms with Crippen molar-refractivity contribution in [2.45, 2.75) is 26.4 Å². The van der Waals surface area contributed by atoms with Gasteiger partial charge >= 0.3 is 0 Å². The summed E-state index contributed by atoms with van der Waals surface area (Å²) in [7, 11) is 1.94. The van der Waals surface area contributed by atoms with Crippen LogP contribution in [-0.2, 0) is 13.5 Å². The Balaban J connectivity index is 1.87. The number of anilines is 1. The van der Waals surface area contributed by atoms with Crippen LogP contribution in [-0.4, -0.2) is 32.4 Å². The standard InChI is InChI=1S/C13H19N5O/c1-10(2)19-13-8-12(15-9-16-13)14-6-4-11-5-7-17-18(11)3/h5,7-10H,4,6H2,1-3H3,(H,14,15,16). The van der Waals surface area contributed by atoms with Crippen LogP contribution in [0.1, 0.15) is 19.5 Å². The molecule has 0 aliphatic carbocycles. The molecule has 2 aromatic heterocycles. The van der Waals surface area contributed by atoms with Crippen molar-refractivity contribution in [1.82, 2.24) is 19.7 Å². The molecule has 0 amide bonds. The van der Waals surface area contributed by atoms with Gasteiger partial charge < -0.3 is 10.1 Å². The van der Waals surface area contributed by atoms with Crippen LogP contribution in [0.4, 0.5) is 5.82 Å². The van der Waals surface area contributed by atoms with E-state index in [2.05, 4.69) is 20.4 Å². The molecule has 2 aromatic rings. The molecule has 0 radical (unpaired) electrons. The summed E-state index contributed by atoms with van der Waals surface area (Å²) in [6.45, 7) is 4.73. The third-order valence-electron chi connectivity index (χ3n) is 2.61. The van der Waals surface area contributed by atoms with E-state index in [0.717, 1.165) is 18.8 Å². The molecule has 0 aliphatic rings. The van der Waals surface area contributed by atoms with Crippen LogP contribution in [0.3, 0.4) is 0 Å². The lowest BCUT2D eigenvalue weighted by atomic mass is 10.3. The minimum absolute atomic E-state index is 0.109. The van der Waals surface area contributed by atoms with Gasteiger partial charge in [-0.1, -0.05) is 0 Å². The van der Waals surface area contributed by atoms with E-state index in [9.17, 15) is 0 Å². The van der Waals surface area contributed by atoms with Crippen molar-refractivity contribution in [1.29, 1.82) is 0 Å². The van der Waals surface area contributed by atoms with Gasteiger partial charge in [-0.25, -0.2) is 9.97 Å². The Morgan fingerprint density at radius 3 is 2.89 bits per heavy atom. The second kappa shape index (κ2) is 6.17. The molecule has 102 valence electrons. The highest BCUT2D eigenvalue weighted by molar-refractivity contribution is 5.37. The van der Waals surface area contributed by atoms with Gasteiger partial charge in [-0.05, 0) is 19.9 Å². The Kier molecular flexibility index (Phi) is 4.33. The van der Waals surface area contributed by atoms with E-state index in [1.165, 1.54) is 12.0 Å².